The summed E-state index contributed by atoms with van der Waals surface area (Å²) in [5, 5.41) is 11.4. The van der Waals surface area contributed by atoms with Crippen molar-refractivity contribution in [3.8, 4) is 10.6 Å². The summed E-state index contributed by atoms with van der Waals surface area (Å²) >= 11 is 5.62. The smallest absolute Gasteiger partial charge is 0.323 e. The minimum absolute atomic E-state index is 0.0568. The molecule has 17 heteroatoms. The second-order valence-electron chi connectivity index (χ2n) is 8.81. The molecule has 2 aromatic carbocycles. The molecule has 1 aliphatic rings. The fraction of sp³-hybridized carbons (Fsp3) is 0.292. The highest BCUT2D eigenvalue weighted by atomic mass is 32.2. The summed E-state index contributed by atoms with van der Waals surface area (Å²) in [6, 6.07) is 10.9. The van der Waals surface area contributed by atoms with Gasteiger partial charge in [0.2, 0.25) is 15.2 Å². The first-order chi connectivity index (χ1) is 19.3. The Balaban J connectivity index is 0.000000278. The van der Waals surface area contributed by atoms with Crippen LogP contribution in [-0.4, -0.2) is 77.3 Å². The number of thiocarbonyl (C=S) groups is 1. The Labute approximate surface area is 244 Å². The van der Waals surface area contributed by atoms with E-state index in [0.717, 1.165) is 17.4 Å². The molecular weight excluding hydrogens is 599 g/mol. The zero-order valence-corrected chi connectivity index (χ0v) is 24.5. The second-order valence-corrected chi connectivity index (χ2v) is 12.2. The van der Waals surface area contributed by atoms with E-state index in [1.54, 1.807) is 24.1 Å². The molecule has 220 valence electrons. The summed E-state index contributed by atoms with van der Waals surface area (Å²) in [7, 11) is -1.53. The Kier molecular flexibility index (Phi) is 11.0. The topological polar surface area (TPSA) is 163 Å². The number of benzene rings is 2. The summed E-state index contributed by atoms with van der Waals surface area (Å²) in [6.07, 6.45) is 2.33. The van der Waals surface area contributed by atoms with Crippen molar-refractivity contribution in [1.29, 1.82) is 0 Å². The summed E-state index contributed by atoms with van der Waals surface area (Å²) in [5.74, 6) is -1.35. The zero-order valence-electron chi connectivity index (χ0n) is 22.0. The molecule has 0 unspecified atom stereocenters. The number of nitrogens with zero attached hydrogens (tertiary/aromatic N) is 4. The predicted octanol–water partition coefficient (Wildman–Crippen LogP) is 2.54. The van der Waals surface area contributed by atoms with E-state index in [-0.39, 0.29) is 28.6 Å². The molecule has 1 aromatic heterocycles. The lowest BCUT2D eigenvalue weighted by molar-refractivity contribution is 0.0943. The highest BCUT2D eigenvalue weighted by molar-refractivity contribution is 7.88. The molecule has 2 heterocycles. The highest BCUT2D eigenvalue weighted by Gasteiger charge is 2.29. The van der Waals surface area contributed by atoms with Crippen LogP contribution in [-0.2, 0) is 10.0 Å². The summed E-state index contributed by atoms with van der Waals surface area (Å²) < 4.78 is 50.6. The van der Waals surface area contributed by atoms with Crippen LogP contribution in [0.3, 0.4) is 0 Å². The normalized spacial score (nSPS) is 13.9. The van der Waals surface area contributed by atoms with Crippen LogP contribution in [0.2, 0.25) is 0 Å². The third kappa shape index (κ3) is 9.66. The Hall–Kier alpha value is -3.80. The molecule has 41 heavy (non-hydrogen) atoms. The van der Waals surface area contributed by atoms with Crippen LogP contribution in [0.1, 0.15) is 23.2 Å². The molecule has 0 spiro atoms. The highest BCUT2D eigenvalue weighted by Crippen LogP contribution is 2.27. The van der Waals surface area contributed by atoms with Crippen molar-refractivity contribution in [2.75, 3.05) is 31.7 Å². The molecule has 0 saturated carbocycles. The van der Waals surface area contributed by atoms with Crippen LogP contribution in [0.5, 0.6) is 0 Å². The van der Waals surface area contributed by atoms with E-state index < -0.39 is 21.7 Å². The van der Waals surface area contributed by atoms with Crippen molar-refractivity contribution in [3.05, 3.63) is 65.7 Å². The fourth-order valence-corrected chi connectivity index (χ4v) is 5.39. The number of hydrogen-bond donors (Lipinski definition) is 4. The lowest BCUT2D eigenvalue weighted by Crippen LogP contribution is -2.48. The number of halogens is 2. The van der Waals surface area contributed by atoms with Gasteiger partial charge in [-0.15, -0.1) is 10.2 Å². The van der Waals surface area contributed by atoms with Crippen molar-refractivity contribution in [1.82, 2.24) is 30.3 Å². The number of carbonyl (C=O) groups excluding carboxylic acids is 2. The maximum absolute atomic E-state index is 13.3. The molecule has 3 aromatic rings. The molecule has 12 nitrogen and oxygen atoms in total. The van der Waals surface area contributed by atoms with Crippen LogP contribution in [0.15, 0.2) is 48.5 Å². The molecule has 5 N–H and O–H groups in total. The lowest BCUT2D eigenvalue weighted by Gasteiger charge is -2.35. The van der Waals surface area contributed by atoms with Gasteiger partial charge in [-0.3, -0.25) is 21.0 Å². The number of urea groups is 1. The average molecular weight is 627 g/mol. The number of hydrazine groups is 1. The van der Waals surface area contributed by atoms with E-state index in [9.17, 15) is 26.8 Å². The van der Waals surface area contributed by atoms with Crippen molar-refractivity contribution < 1.29 is 26.8 Å². The van der Waals surface area contributed by atoms with Crippen LogP contribution in [0, 0.1) is 11.6 Å². The maximum atomic E-state index is 13.3. The van der Waals surface area contributed by atoms with E-state index in [2.05, 4.69) is 38.6 Å². The summed E-state index contributed by atoms with van der Waals surface area (Å²) in [4.78, 5) is 25.3. The number of nitrogens with two attached hydrogens (primary N) is 1. The van der Waals surface area contributed by atoms with E-state index in [1.165, 1.54) is 40.9 Å². The molecule has 0 bridgehead atoms. The number of anilines is 1. The van der Waals surface area contributed by atoms with Crippen molar-refractivity contribution in [2.24, 2.45) is 5.73 Å². The molecular formula is C24H28F2N8O4S3. The van der Waals surface area contributed by atoms with Gasteiger partial charge < -0.3 is 10.6 Å². The van der Waals surface area contributed by atoms with Crippen LogP contribution in [0.25, 0.3) is 10.6 Å². The van der Waals surface area contributed by atoms with Gasteiger partial charge in [0.25, 0.3) is 5.91 Å². The number of carbonyl (C=O) groups is 2. The fourth-order valence-electron chi connectivity index (χ4n) is 3.74. The van der Waals surface area contributed by atoms with E-state index in [4.69, 9.17) is 5.73 Å². The van der Waals surface area contributed by atoms with Crippen LogP contribution in [0.4, 0.5) is 18.7 Å². The largest absolute Gasteiger partial charge is 0.375 e. The molecule has 1 saturated heterocycles. The van der Waals surface area contributed by atoms with Gasteiger partial charge in [0.1, 0.15) is 16.6 Å². The minimum Gasteiger partial charge on any atom is -0.375 e. The summed E-state index contributed by atoms with van der Waals surface area (Å²) in [6.45, 7) is 0.785. The Morgan fingerprint density at radius 3 is 2.29 bits per heavy atom. The SMILES string of the molecule is CN(C(=O)Nc1nnc(-c2cccc(F)c2)s1)C1CCN(S(C)(=O)=O)CC1.NC(=S)NNC(=O)c1cccc(F)c1. The third-order valence-corrected chi connectivity index (χ3v) is 8.15. The number of sulfonamides is 1. The quantitative estimate of drug-likeness (QED) is 0.246. The first-order valence-electron chi connectivity index (χ1n) is 12.0. The van der Waals surface area contributed by atoms with E-state index >= 15 is 0 Å². The molecule has 0 aliphatic carbocycles. The molecule has 4 rings (SSSR count). The van der Waals surface area contributed by atoms with Gasteiger partial charge in [-0.1, -0.05) is 29.5 Å². The van der Waals surface area contributed by atoms with Crippen LogP contribution < -0.4 is 21.9 Å². The molecule has 0 atom stereocenters. The second kappa shape index (κ2) is 14.2. The number of nitrogens with one attached hydrogen (secondary N) is 3. The lowest BCUT2D eigenvalue weighted by atomic mass is 10.1. The Morgan fingerprint density at radius 2 is 1.71 bits per heavy atom. The van der Waals surface area contributed by atoms with Gasteiger partial charge in [0.15, 0.2) is 5.11 Å². The van der Waals surface area contributed by atoms with Gasteiger partial charge in [0, 0.05) is 37.3 Å². The molecule has 3 amide bonds. The van der Waals surface area contributed by atoms with Crippen LogP contribution >= 0.6 is 23.6 Å². The number of aromatic nitrogens is 2. The monoisotopic (exact) mass is 626 g/mol. The van der Waals surface area contributed by atoms with Gasteiger partial charge >= 0.3 is 6.03 Å². The average Bonchev–Trinajstić information content (AvgIpc) is 3.39. The number of hydrogen-bond acceptors (Lipinski definition) is 8. The number of rotatable bonds is 5. The predicted molar refractivity (Wildman–Crippen MR) is 155 cm³/mol. The molecule has 0 radical (unpaired) electrons. The van der Waals surface area contributed by atoms with Crippen molar-refractivity contribution in [2.45, 2.75) is 18.9 Å². The van der Waals surface area contributed by atoms with Gasteiger partial charge in [-0.05, 0) is 55.4 Å². The number of amides is 3. The van der Waals surface area contributed by atoms with Gasteiger partial charge in [0.05, 0.1) is 6.26 Å². The molecule has 1 aliphatic heterocycles. The minimum atomic E-state index is -3.20. The third-order valence-electron chi connectivity index (χ3n) is 5.86. The number of piperidine rings is 1. The van der Waals surface area contributed by atoms with E-state index in [0.29, 0.717) is 41.6 Å². The van der Waals surface area contributed by atoms with Gasteiger partial charge in [-0.2, -0.15) is 0 Å². The zero-order chi connectivity index (χ0) is 30.2. The Bertz CT molecular complexity index is 1500. The Morgan fingerprint density at radius 1 is 1.07 bits per heavy atom. The van der Waals surface area contributed by atoms with Gasteiger partial charge in [-0.25, -0.2) is 26.3 Å². The first-order valence-corrected chi connectivity index (χ1v) is 15.1. The standard InChI is InChI=1S/C16H20FN5O3S2.C8H8FN3OS/c1-21(13-6-8-22(9-7-13)27(2,24)25)16(23)18-15-20-19-14(26-15)11-4-3-5-12(17)10-11;9-6-3-1-2-5(4-6)7(13)11-12-8(10)14/h3-5,10,13H,6-9H2,1-2H3,(H,18,20,23);1-4H,(H,11,13)(H3,10,12,14). The molecule has 1 fully saturated rings. The van der Waals surface area contributed by atoms with Crippen molar-refractivity contribution >= 4 is 55.8 Å². The first kappa shape index (κ1) is 31.7. The maximum Gasteiger partial charge on any atom is 0.323 e. The van der Waals surface area contributed by atoms with Crippen molar-refractivity contribution in [3.63, 3.8) is 0 Å². The van der Waals surface area contributed by atoms with E-state index in [1.807, 2.05) is 0 Å². The summed E-state index contributed by atoms with van der Waals surface area (Å²) in [5.41, 5.74) is 10.3.